The zero-order chi connectivity index (χ0) is 27.1. The fourth-order valence-corrected chi connectivity index (χ4v) is 5.01. The van der Waals surface area contributed by atoms with Gasteiger partial charge in [-0.15, -0.1) is 0 Å². The highest BCUT2D eigenvalue weighted by Gasteiger charge is 2.32. The molecule has 196 valence electrons. The van der Waals surface area contributed by atoms with E-state index in [1.54, 1.807) is 12.1 Å². The molecule has 12 heteroatoms. The van der Waals surface area contributed by atoms with Gasteiger partial charge in [-0.05, 0) is 66.3 Å². The maximum absolute atomic E-state index is 14.2. The summed E-state index contributed by atoms with van der Waals surface area (Å²) < 4.78 is 57.7. The van der Waals surface area contributed by atoms with E-state index >= 15 is 0 Å². The molecule has 0 radical (unpaired) electrons. The number of hydrogen-bond acceptors (Lipinski definition) is 5. The van der Waals surface area contributed by atoms with E-state index in [4.69, 9.17) is 4.42 Å². The fraction of sp³-hybridized carbons (Fsp3) is 0.192. The molecular weight excluding hydrogens is 520 g/mol. The number of nitrogens with zero attached hydrogens (tertiary/aromatic N) is 2. The van der Waals surface area contributed by atoms with Crippen LogP contribution >= 0.6 is 0 Å². The van der Waals surface area contributed by atoms with E-state index in [1.165, 1.54) is 37.4 Å². The number of hydrogen-bond donors (Lipinski definition) is 2. The Morgan fingerprint density at radius 3 is 2.47 bits per heavy atom. The Kier molecular flexibility index (Phi) is 6.67. The number of carbonyl (C=O) groups is 1. The van der Waals surface area contributed by atoms with Crippen LogP contribution in [-0.4, -0.2) is 26.6 Å². The number of carbonyl (C=O) groups excluding carboxylic acids is 1. The van der Waals surface area contributed by atoms with E-state index in [1.807, 2.05) is 0 Å². The molecule has 0 aliphatic heterocycles. The van der Waals surface area contributed by atoms with Crippen molar-refractivity contribution in [2.45, 2.75) is 25.3 Å². The first-order valence-corrected chi connectivity index (χ1v) is 12.6. The fourth-order valence-electron chi connectivity index (χ4n) is 4.43. The molecule has 4 aromatic rings. The van der Waals surface area contributed by atoms with Crippen LogP contribution in [0.4, 0.5) is 20.2 Å². The van der Waals surface area contributed by atoms with Crippen molar-refractivity contribution in [2.75, 3.05) is 11.4 Å². The normalized spacial score (nSPS) is 13.9. The second kappa shape index (κ2) is 9.95. The largest absolute Gasteiger partial charge is 0.455 e. The summed E-state index contributed by atoms with van der Waals surface area (Å²) in [5, 5.41) is 14.0. The quantitative estimate of drug-likeness (QED) is 0.168. The Morgan fingerprint density at radius 1 is 1.18 bits per heavy atom. The molecular formula is C26H21F2N3O6S. The molecule has 1 aliphatic carbocycles. The van der Waals surface area contributed by atoms with Gasteiger partial charge in [-0.3, -0.25) is 23.8 Å². The lowest BCUT2D eigenvalue weighted by Crippen LogP contribution is -2.26. The Labute approximate surface area is 217 Å². The van der Waals surface area contributed by atoms with Crippen molar-refractivity contribution in [3.8, 4) is 11.3 Å². The number of halogens is 2. The van der Waals surface area contributed by atoms with E-state index in [9.17, 15) is 32.5 Å². The van der Waals surface area contributed by atoms with E-state index in [-0.39, 0.29) is 34.9 Å². The number of nitro groups is 1. The number of fused-ring (bicyclic) bond motifs is 1. The third-order valence-electron chi connectivity index (χ3n) is 6.41. The molecule has 1 fully saturated rings. The first-order valence-electron chi connectivity index (χ1n) is 11.6. The maximum Gasteiger partial charge on any atom is 0.304 e. The highest BCUT2D eigenvalue weighted by atomic mass is 32.2. The topological polar surface area (TPSA) is 126 Å². The molecule has 38 heavy (non-hydrogen) atoms. The van der Waals surface area contributed by atoms with Gasteiger partial charge in [-0.2, -0.15) is 4.39 Å². The van der Waals surface area contributed by atoms with Crippen LogP contribution in [0.25, 0.3) is 22.3 Å². The standard InChI is InChI=1S/C26H21F2N3O6S/c1-29-26(32)24-19-11-18(15-3-4-15)22(12-23(19)37-25(24)16-5-7-17(27)8-6-16)30(38(35)36)13-14-2-9-21(31(33)34)20(28)10-14/h2,5-12,15H,3-4,13H2,1H3,(H,29,32)(H,35,36). The van der Waals surface area contributed by atoms with Gasteiger partial charge in [0, 0.05) is 30.1 Å². The minimum atomic E-state index is -2.55. The summed E-state index contributed by atoms with van der Waals surface area (Å²) in [7, 11) is 1.48. The molecule has 0 bridgehead atoms. The molecule has 3 aromatic carbocycles. The summed E-state index contributed by atoms with van der Waals surface area (Å²) in [6, 6.07) is 12.1. The zero-order valence-electron chi connectivity index (χ0n) is 19.9. The summed E-state index contributed by atoms with van der Waals surface area (Å²) in [5.74, 6) is -1.64. The Bertz CT molecular complexity index is 1600. The predicted molar refractivity (Wildman–Crippen MR) is 137 cm³/mol. The maximum atomic E-state index is 14.2. The average molecular weight is 542 g/mol. The molecule has 1 saturated carbocycles. The van der Waals surface area contributed by atoms with Crippen molar-refractivity contribution in [1.29, 1.82) is 0 Å². The van der Waals surface area contributed by atoms with Crippen molar-refractivity contribution in [3.63, 3.8) is 0 Å². The molecule has 1 heterocycles. The predicted octanol–water partition coefficient (Wildman–Crippen LogP) is 5.67. The summed E-state index contributed by atoms with van der Waals surface area (Å²) in [6.45, 7) is -0.225. The Hall–Kier alpha value is -4.16. The third kappa shape index (κ3) is 4.75. The number of amides is 1. The number of benzene rings is 3. The first-order chi connectivity index (χ1) is 18.2. The summed E-state index contributed by atoms with van der Waals surface area (Å²) in [4.78, 5) is 23.0. The summed E-state index contributed by atoms with van der Waals surface area (Å²) in [5.41, 5.74) is 1.58. The van der Waals surface area contributed by atoms with Gasteiger partial charge >= 0.3 is 5.69 Å². The van der Waals surface area contributed by atoms with E-state index in [2.05, 4.69) is 5.32 Å². The molecule has 1 atom stereocenters. The number of anilines is 1. The van der Waals surface area contributed by atoms with Gasteiger partial charge in [0.25, 0.3) is 17.2 Å². The van der Waals surface area contributed by atoms with Crippen LogP contribution in [0.2, 0.25) is 0 Å². The van der Waals surface area contributed by atoms with Gasteiger partial charge in [0.05, 0.1) is 22.7 Å². The van der Waals surface area contributed by atoms with Crippen LogP contribution < -0.4 is 9.62 Å². The van der Waals surface area contributed by atoms with Crippen molar-refractivity contribution < 1.29 is 31.7 Å². The average Bonchev–Trinajstić information content (AvgIpc) is 3.66. The molecule has 1 amide bonds. The molecule has 1 aromatic heterocycles. The number of furan rings is 1. The van der Waals surface area contributed by atoms with Gasteiger partial charge < -0.3 is 9.73 Å². The first kappa shape index (κ1) is 25.5. The third-order valence-corrected chi connectivity index (χ3v) is 7.11. The minimum absolute atomic E-state index is 0.0655. The zero-order valence-corrected chi connectivity index (χ0v) is 20.8. The van der Waals surface area contributed by atoms with E-state index in [0.29, 0.717) is 22.2 Å². The second-order valence-electron chi connectivity index (χ2n) is 8.88. The molecule has 9 nitrogen and oxygen atoms in total. The highest BCUT2D eigenvalue weighted by Crippen LogP contribution is 2.48. The van der Waals surface area contributed by atoms with Gasteiger partial charge in [0.2, 0.25) is 5.82 Å². The van der Waals surface area contributed by atoms with Crippen LogP contribution in [0.3, 0.4) is 0 Å². The van der Waals surface area contributed by atoms with Crippen LogP contribution in [0, 0.1) is 21.7 Å². The number of rotatable bonds is 8. The van der Waals surface area contributed by atoms with Crippen molar-refractivity contribution in [3.05, 3.63) is 93.0 Å². The van der Waals surface area contributed by atoms with Crippen LogP contribution in [0.5, 0.6) is 0 Å². The Morgan fingerprint density at radius 2 is 1.89 bits per heavy atom. The Balaban J connectivity index is 1.66. The SMILES string of the molecule is CNC(=O)c1c(-c2ccc(F)cc2)oc2cc(N(Cc3ccc([N+](=O)[O-])c(F)c3)S(=O)O)c(C3CC3)cc12. The summed E-state index contributed by atoms with van der Waals surface area (Å²) in [6.07, 6.45) is 1.66. The highest BCUT2D eigenvalue weighted by molar-refractivity contribution is 7.80. The van der Waals surface area contributed by atoms with Gasteiger partial charge in [-0.1, -0.05) is 6.07 Å². The van der Waals surface area contributed by atoms with E-state index in [0.717, 1.165) is 29.3 Å². The van der Waals surface area contributed by atoms with Gasteiger partial charge in [-0.25, -0.2) is 8.60 Å². The lowest BCUT2D eigenvalue weighted by atomic mass is 10.00. The minimum Gasteiger partial charge on any atom is -0.455 e. The molecule has 0 saturated heterocycles. The van der Waals surface area contributed by atoms with Crippen LogP contribution in [0.1, 0.15) is 40.2 Å². The molecule has 2 N–H and O–H groups in total. The van der Waals surface area contributed by atoms with Crippen molar-refractivity contribution in [2.24, 2.45) is 0 Å². The summed E-state index contributed by atoms with van der Waals surface area (Å²) >= 11 is -2.55. The monoisotopic (exact) mass is 541 g/mol. The number of nitrogens with one attached hydrogen (secondary N) is 1. The number of nitro benzene ring substituents is 1. The molecule has 5 rings (SSSR count). The smallest absolute Gasteiger partial charge is 0.304 e. The molecule has 0 spiro atoms. The van der Waals surface area contributed by atoms with Gasteiger partial charge in [0.1, 0.15) is 17.2 Å². The van der Waals surface area contributed by atoms with Crippen molar-refractivity contribution in [1.82, 2.24) is 5.32 Å². The lowest BCUT2D eigenvalue weighted by Gasteiger charge is -2.23. The van der Waals surface area contributed by atoms with Crippen LogP contribution in [-0.2, 0) is 17.8 Å². The second-order valence-corrected chi connectivity index (χ2v) is 9.79. The van der Waals surface area contributed by atoms with Gasteiger partial charge in [0.15, 0.2) is 0 Å². The van der Waals surface area contributed by atoms with E-state index < -0.39 is 39.4 Å². The van der Waals surface area contributed by atoms with Crippen LogP contribution in [0.15, 0.2) is 59.0 Å². The molecule has 1 unspecified atom stereocenters. The lowest BCUT2D eigenvalue weighted by molar-refractivity contribution is -0.387. The molecule has 1 aliphatic rings. The van der Waals surface area contributed by atoms with Crippen molar-refractivity contribution >= 4 is 39.5 Å².